The molecule has 0 aliphatic carbocycles. The maximum atomic E-state index is 13.1. The van der Waals surface area contributed by atoms with Crippen LogP contribution in [0.3, 0.4) is 0 Å². The predicted octanol–water partition coefficient (Wildman–Crippen LogP) is 3.35. The van der Waals surface area contributed by atoms with Crippen molar-refractivity contribution in [3.63, 3.8) is 0 Å². The number of hydrogen-bond acceptors (Lipinski definition) is 3. The number of rotatable bonds is 5. The first-order chi connectivity index (χ1) is 9.97. The zero-order valence-electron chi connectivity index (χ0n) is 12.6. The zero-order valence-corrected chi connectivity index (χ0v) is 12.6. The molecule has 0 radical (unpaired) electrons. The number of aliphatic hydroxyl groups excluding tert-OH is 1. The van der Waals surface area contributed by atoms with Crippen molar-refractivity contribution in [2.75, 3.05) is 30.9 Å². The second-order valence-corrected chi connectivity index (χ2v) is 5.35. The van der Waals surface area contributed by atoms with Gasteiger partial charge in [-0.15, -0.1) is 0 Å². The van der Waals surface area contributed by atoms with Crippen molar-refractivity contribution in [2.45, 2.75) is 13.0 Å². The van der Waals surface area contributed by atoms with Crippen molar-refractivity contribution in [2.24, 2.45) is 0 Å². The summed E-state index contributed by atoms with van der Waals surface area (Å²) in [4.78, 5) is 2.05. The van der Waals surface area contributed by atoms with Gasteiger partial charge in [-0.25, -0.2) is 4.39 Å². The summed E-state index contributed by atoms with van der Waals surface area (Å²) >= 11 is 0. The third-order valence-electron chi connectivity index (χ3n) is 3.42. The number of aryl methyl sites for hydroxylation is 1. The van der Waals surface area contributed by atoms with E-state index in [0.717, 1.165) is 11.4 Å². The molecule has 112 valence electrons. The highest BCUT2D eigenvalue weighted by Crippen LogP contribution is 2.23. The standard InChI is InChI=1S/C17H21FN2O/c1-12-7-8-15(10-16(12)20(2)3)19-11-17(21)13-5-4-6-14(18)9-13/h4-10,17,19,21H,11H2,1-3H3. The lowest BCUT2D eigenvalue weighted by molar-refractivity contribution is 0.191. The van der Waals surface area contributed by atoms with E-state index >= 15 is 0 Å². The van der Waals surface area contributed by atoms with Crippen molar-refractivity contribution in [3.05, 3.63) is 59.4 Å². The smallest absolute Gasteiger partial charge is 0.123 e. The van der Waals surface area contributed by atoms with E-state index in [2.05, 4.69) is 12.2 Å². The third kappa shape index (κ3) is 3.95. The topological polar surface area (TPSA) is 35.5 Å². The van der Waals surface area contributed by atoms with Crippen LogP contribution >= 0.6 is 0 Å². The van der Waals surface area contributed by atoms with Gasteiger partial charge in [-0.3, -0.25) is 0 Å². The van der Waals surface area contributed by atoms with Crippen LogP contribution in [0.15, 0.2) is 42.5 Å². The summed E-state index contributed by atoms with van der Waals surface area (Å²) in [7, 11) is 3.99. The Bertz CT molecular complexity index is 613. The highest BCUT2D eigenvalue weighted by molar-refractivity contribution is 5.61. The molecule has 0 fully saturated rings. The summed E-state index contributed by atoms with van der Waals surface area (Å²) < 4.78 is 13.1. The number of aliphatic hydroxyl groups is 1. The van der Waals surface area contributed by atoms with E-state index in [0.29, 0.717) is 12.1 Å². The van der Waals surface area contributed by atoms with Gasteiger partial charge in [-0.2, -0.15) is 0 Å². The van der Waals surface area contributed by atoms with Crippen LogP contribution in [0.25, 0.3) is 0 Å². The Hall–Kier alpha value is -2.07. The molecule has 0 aromatic heterocycles. The molecule has 1 unspecified atom stereocenters. The minimum atomic E-state index is -0.746. The van der Waals surface area contributed by atoms with Crippen molar-refractivity contribution in [1.29, 1.82) is 0 Å². The number of halogens is 1. The molecule has 0 saturated carbocycles. The Kier molecular flexibility index (Phi) is 4.81. The van der Waals surface area contributed by atoms with Crippen molar-refractivity contribution < 1.29 is 9.50 Å². The molecule has 0 amide bonds. The molecule has 1 atom stereocenters. The van der Waals surface area contributed by atoms with E-state index in [4.69, 9.17) is 0 Å². The Labute approximate surface area is 125 Å². The second kappa shape index (κ2) is 6.59. The van der Waals surface area contributed by atoms with E-state index in [1.165, 1.54) is 17.7 Å². The largest absolute Gasteiger partial charge is 0.387 e. The van der Waals surface area contributed by atoms with Gasteiger partial charge < -0.3 is 15.3 Å². The normalized spacial score (nSPS) is 12.0. The Balaban J connectivity index is 2.04. The highest BCUT2D eigenvalue weighted by atomic mass is 19.1. The van der Waals surface area contributed by atoms with E-state index < -0.39 is 6.10 Å². The van der Waals surface area contributed by atoms with Gasteiger partial charge in [0.05, 0.1) is 6.10 Å². The van der Waals surface area contributed by atoms with Crippen LogP contribution in [0.1, 0.15) is 17.2 Å². The van der Waals surface area contributed by atoms with Crippen LogP contribution < -0.4 is 10.2 Å². The molecule has 0 aliphatic rings. The Morgan fingerprint density at radius 3 is 2.62 bits per heavy atom. The average Bonchev–Trinajstić information content (AvgIpc) is 2.45. The molecule has 0 bridgehead atoms. The minimum Gasteiger partial charge on any atom is -0.387 e. The van der Waals surface area contributed by atoms with Crippen molar-refractivity contribution in [3.8, 4) is 0 Å². The number of anilines is 2. The monoisotopic (exact) mass is 288 g/mol. The first-order valence-corrected chi connectivity index (χ1v) is 6.93. The highest BCUT2D eigenvalue weighted by Gasteiger charge is 2.09. The van der Waals surface area contributed by atoms with Gasteiger partial charge in [0, 0.05) is 32.0 Å². The maximum absolute atomic E-state index is 13.1. The van der Waals surface area contributed by atoms with Crippen LogP contribution in [0.4, 0.5) is 15.8 Å². The number of hydrogen-bond donors (Lipinski definition) is 2. The molecule has 2 aromatic rings. The van der Waals surface area contributed by atoms with Gasteiger partial charge in [0.1, 0.15) is 5.82 Å². The summed E-state index contributed by atoms with van der Waals surface area (Å²) in [5.74, 6) is -0.336. The number of nitrogens with one attached hydrogen (secondary N) is 1. The number of benzene rings is 2. The van der Waals surface area contributed by atoms with E-state index in [9.17, 15) is 9.50 Å². The molecule has 0 saturated heterocycles. The fourth-order valence-corrected chi connectivity index (χ4v) is 2.25. The molecular weight excluding hydrogens is 267 g/mol. The molecule has 0 heterocycles. The summed E-state index contributed by atoms with van der Waals surface area (Å²) in [5.41, 5.74) is 3.82. The van der Waals surface area contributed by atoms with E-state index in [1.807, 2.05) is 37.2 Å². The zero-order chi connectivity index (χ0) is 15.4. The fourth-order valence-electron chi connectivity index (χ4n) is 2.25. The maximum Gasteiger partial charge on any atom is 0.123 e. The van der Waals surface area contributed by atoms with Gasteiger partial charge in [0.2, 0.25) is 0 Å². The van der Waals surface area contributed by atoms with Crippen LogP contribution in [0, 0.1) is 12.7 Å². The van der Waals surface area contributed by atoms with Crippen LogP contribution in [-0.4, -0.2) is 25.7 Å². The van der Waals surface area contributed by atoms with Crippen LogP contribution in [0.2, 0.25) is 0 Å². The summed E-state index contributed by atoms with van der Waals surface area (Å²) in [6.45, 7) is 2.39. The molecule has 3 nitrogen and oxygen atoms in total. The molecule has 0 aliphatic heterocycles. The van der Waals surface area contributed by atoms with Gasteiger partial charge in [0.15, 0.2) is 0 Å². The molecular formula is C17H21FN2O. The lowest BCUT2D eigenvalue weighted by Gasteiger charge is -2.18. The van der Waals surface area contributed by atoms with Gasteiger partial charge in [-0.1, -0.05) is 18.2 Å². The average molecular weight is 288 g/mol. The molecule has 21 heavy (non-hydrogen) atoms. The van der Waals surface area contributed by atoms with Crippen LogP contribution in [-0.2, 0) is 0 Å². The van der Waals surface area contributed by atoms with E-state index in [1.54, 1.807) is 12.1 Å². The Morgan fingerprint density at radius 2 is 1.95 bits per heavy atom. The molecule has 2 aromatic carbocycles. The van der Waals surface area contributed by atoms with Gasteiger partial charge in [0.25, 0.3) is 0 Å². The lowest BCUT2D eigenvalue weighted by Crippen LogP contribution is -2.14. The van der Waals surface area contributed by atoms with E-state index in [-0.39, 0.29) is 5.82 Å². The number of nitrogens with zero attached hydrogens (tertiary/aromatic N) is 1. The first-order valence-electron chi connectivity index (χ1n) is 6.93. The quantitative estimate of drug-likeness (QED) is 0.885. The molecule has 2 N–H and O–H groups in total. The first kappa shape index (κ1) is 15.3. The molecule has 2 rings (SSSR count). The van der Waals surface area contributed by atoms with Crippen molar-refractivity contribution >= 4 is 11.4 Å². The van der Waals surface area contributed by atoms with Crippen LogP contribution in [0.5, 0.6) is 0 Å². The van der Waals surface area contributed by atoms with Gasteiger partial charge in [-0.05, 0) is 42.3 Å². The van der Waals surface area contributed by atoms with Gasteiger partial charge >= 0.3 is 0 Å². The van der Waals surface area contributed by atoms with Crippen molar-refractivity contribution in [1.82, 2.24) is 0 Å². The summed E-state index contributed by atoms with van der Waals surface area (Å²) in [6.07, 6.45) is -0.746. The Morgan fingerprint density at radius 1 is 1.19 bits per heavy atom. The third-order valence-corrected chi connectivity index (χ3v) is 3.42. The lowest BCUT2D eigenvalue weighted by atomic mass is 10.1. The fraction of sp³-hybridized carbons (Fsp3) is 0.294. The molecule has 4 heteroatoms. The predicted molar refractivity (Wildman–Crippen MR) is 85.4 cm³/mol. The SMILES string of the molecule is Cc1ccc(NCC(O)c2cccc(F)c2)cc1N(C)C. The molecule has 0 spiro atoms. The second-order valence-electron chi connectivity index (χ2n) is 5.35. The summed E-state index contributed by atoms with van der Waals surface area (Å²) in [6, 6.07) is 12.1. The minimum absolute atomic E-state index is 0.333. The summed E-state index contributed by atoms with van der Waals surface area (Å²) in [5, 5.41) is 13.3.